The molecule has 0 radical (unpaired) electrons. The lowest BCUT2D eigenvalue weighted by Gasteiger charge is -2.18. The number of hydrogen-bond donors (Lipinski definition) is 0. The maximum absolute atomic E-state index is 12.0. The molecule has 114 valence electrons. The number of ether oxygens (including phenoxy) is 2. The number of esters is 2. The third kappa shape index (κ3) is 3.36. The van der Waals surface area contributed by atoms with E-state index in [1.165, 1.54) is 0 Å². The van der Waals surface area contributed by atoms with Crippen LogP contribution in [0.2, 0.25) is 0 Å². The molecule has 0 unspecified atom stereocenters. The highest BCUT2D eigenvalue weighted by atomic mass is 16.6. The van der Waals surface area contributed by atoms with Gasteiger partial charge in [0.05, 0.1) is 11.8 Å². The van der Waals surface area contributed by atoms with Crippen LogP contribution in [0.3, 0.4) is 0 Å². The summed E-state index contributed by atoms with van der Waals surface area (Å²) in [5.74, 6) is 0.603. The van der Waals surface area contributed by atoms with Gasteiger partial charge in [0.15, 0.2) is 0 Å². The molecule has 21 heavy (non-hydrogen) atoms. The topological polar surface area (TPSA) is 52.6 Å². The summed E-state index contributed by atoms with van der Waals surface area (Å²) in [5.41, 5.74) is 0. The van der Waals surface area contributed by atoms with Crippen LogP contribution >= 0.6 is 0 Å². The van der Waals surface area contributed by atoms with Crippen molar-refractivity contribution in [3.05, 3.63) is 24.3 Å². The fourth-order valence-corrected chi connectivity index (χ4v) is 3.57. The Morgan fingerprint density at radius 3 is 2.43 bits per heavy atom. The molecule has 0 N–H and O–H groups in total. The highest BCUT2D eigenvalue weighted by molar-refractivity contribution is 5.74. The van der Waals surface area contributed by atoms with E-state index < -0.39 is 0 Å². The van der Waals surface area contributed by atoms with Gasteiger partial charge in [0, 0.05) is 0 Å². The molecule has 1 fully saturated rings. The Kier molecular flexibility index (Phi) is 4.42. The Morgan fingerprint density at radius 1 is 1.00 bits per heavy atom. The summed E-state index contributed by atoms with van der Waals surface area (Å²) < 4.78 is 10.4. The molecule has 0 heterocycles. The Bertz CT molecular complexity index is 465. The van der Waals surface area contributed by atoms with Gasteiger partial charge in [-0.3, -0.25) is 9.59 Å². The maximum atomic E-state index is 12.0. The van der Waals surface area contributed by atoms with Crippen LogP contribution in [0.1, 0.15) is 32.1 Å². The number of fused-ring (bicyclic) bond motifs is 2. The van der Waals surface area contributed by atoms with Gasteiger partial charge >= 0.3 is 11.9 Å². The minimum absolute atomic E-state index is 0.0131. The molecule has 4 nitrogen and oxygen atoms in total. The average Bonchev–Trinajstić information content (AvgIpc) is 3.15. The summed E-state index contributed by atoms with van der Waals surface area (Å²) in [4.78, 5) is 23.8. The van der Waals surface area contributed by atoms with E-state index in [1.807, 2.05) is 6.08 Å². The summed E-state index contributed by atoms with van der Waals surface area (Å²) in [6, 6.07) is 0. The van der Waals surface area contributed by atoms with Crippen molar-refractivity contribution >= 4 is 11.9 Å². The predicted octanol–water partition coefficient (Wildman–Crippen LogP) is 2.64. The summed E-state index contributed by atoms with van der Waals surface area (Å²) in [7, 11) is 0. The van der Waals surface area contributed by atoms with Crippen molar-refractivity contribution in [1.82, 2.24) is 0 Å². The lowest BCUT2D eigenvalue weighted by Crippen LogP contribution is -2.25. The molecule has 0 amide bonds. The van der Waals surface area contributed by atoms with E-state index in [9.17, 15) is 9.59 Å². The standard InChI is InChI=1S/C17H22O4/c18-16(13-4-2-1-3-5-13)20-8-9-21-17(19)15-11-12-6-7-14(15)10-12/h1-2,6-7,12-15H,3-5,8-11H2/t12-,13+,14-,15-/m0/s1. The zero-order valence-electron chi connectivity index (χ0n) is 12.2. The van der Waals surface area contributed by atoms with Gasteiger partial charge in [-0.1, -0.05) is 24.3 Å². The number of carbonyl (C=O) groups excluding carboxylic acids is 2. The second-order valence-electron chi connectivity index (χ2n) is 6.20. The molecule has 3 aliphatic carbocycles. The molecule has 0 aromatic heterocycles. The van der Waals surface area contributed by atoms with Gasteiger partial charge in [-0.25, -0.2) is 0 Å². The second kappa shape index (κ2) is 6.46. The molecule has 3 rings (SSSR count). The van der Waals surface area contributed by atoms with Gasteiger partial charge < -0.3 is 9.47 Å². The van der Waals surface area contributed by atoms with E-state index in [-0.39, 0.29) is 37.0 Å². The van der Waals surface area contributed by atoms with Crippen molar-refractivity contribution in [2.45, 2.75) is 32.1 Å². The summed E-state index contributed by atoms with van der Waals surface area (Å²) in [5, 5.41) is 0. The molecule has 3 aliphatic rings. The fourth-order valence-electron chi connectivity index (χ4n) is 3.57. The average molecular weight is 290 g/mol. The SMILES string of the molecule is O=C(OCCOC(=O)[C@H]1C[C@H]2C=C[C@H]1C2)[C@@H]1CC=CCC1. The van der Waals surface area contributed by atoms with E-state index in [1.54, 1.807) is 0 Å². The van der Waals surface area contributed by atoms with E-state index in [0.29, 0.717) is 11.8 Å². The van der Waals surface area contributed by atoms with E-state index in [0.717, 1.165) is 32.1 Å². The van der Waals surface area contributed by atoms with Crippen LogP contribution in [0.15, 0.2) is 24.3 Å². The summed E-state index contributed by atoms with van der Waals surface area (Å²) >= 11 is 0. The van der Waals surface area contributed by atoms with Gasteiger partial charge in [0.1, 0.15) is 13.2 Å². The number of hydrogen-bond acceptors (Lipinski definition) is 4. The molecule has 0 spiro atoms. The molecule has 0 saturated heterocycles. The Morgan fingerprint density at radius 2 is 1.81 bits per heavy atom. The first-order chi connectivity index (χ1) is 10.2. The molecular formula is C17H22O4. The van der Waals surface area contributed by atoms with Crippen molar-refractivity contribution in [1.29, 1.82) is 0 Å². The van der Waals surface area contributed by atoms with E-state index >= 15 is 0 Å². The third-order valence-electron chi connectivity index (χ3n) is 4.76. The van der Waals surface area contributed by atoms with E-state index in [2.05, 4.69) is 18.2 Å². The molecule has 1 saturated carbocycles. The van der Waals surface area contributed by atoms with Crippen LogP contribution in [0.25, 0.3) is 0 Å². The lowest BCUT2D eigenvalue weighted by molar-refractivity contribution is -0.158. The fraction of sp³-hybridized carbons (Fsp3) is 0.647. The van der Waals surface area contributed by atoms with E-state index in [4.69, 9.17) is 9.47 Å². The van der Waals surface area contributed by atoms with Gasteiger partial charge in [-0.15, -0.1) is 0 Å². The lowest BCUT2D eigenvalue weighted by atomic mass is 9.94. The first-order valence-electron chi connectivity index (χ1n) is 7.90. The van der Waals surface area contributed by atoms with Crippen molar-refractivity contribution < 1.29 is 19.1 Å². The first kappa shape index (κ1) is 14.4. The van der Waals surface area contributed by atoms with Crippen LogP contribution < -0.4 is 0 Å². The van der Waals surface area contributed by atoms with Crippen molar-refractivity contribution in [2.24, 2.45) is 23.7 Å². The molecule has 4 heteroatoms. The van der Waals surface area contributed by atoms with Crippen molar-refractivity contribution in [2.75, 3.05) is 13.2 Å². The Labute approximate surface area is 125 Å². The minimum Gasteiger partial charge on any atom is -0.462 e. The van der Waals surface area contributed by atoms with Crippen LogP contribution in [0.4, 0.5) is 0 Å². The zero-order valence-corrected chi connectivity index (χ0v) is 12.2. The predicted molar refractivity (Wildman–Crippen MR) is 77.2 cm³/mol. The van der Waals surface area contributed by atoms with Crippen molar-refractivity contribution in [3.8, 4) is 0 Å². The Balaban J connectivity index is 1.33. The normalized spacial score (nSPS) is 33.1. The van der Waals surface area contributed by atoms with Gasteiger partial charge in [-0.2, -0.15) is 0 Å². The van der Waals surface area contributed by atoms with Crippen LogP contribution in [-0.4, -0.2) is 25.2 Å². The maximum Gasteiger partial charge on any atom is 0.309 e. The van der Waals surface area contributed by atoms with Crippen LogP contribution in [-0.2, 0) is 19.1 Å². The van der Waals surface area contributed by atoms with Crippen molar-refractivity contribution in [3.63, 3.8) is 0 Å². The molecule has 0 aliphatic heterocycles. The molecular weight excluding hydrogens is 268 g/mol. The van der Waals surface area contributed by atoms with Crippen LogP contribution in [0, 0.1) is 23.7 Å². The first-order valence-corrected chi connectivity index (χ1v) is 7.90. The van der Waals surface area contributed by atoms with Gasteiger partial charge in [-0.05, 0) is 43.9 Å². The number of carbonyl (C=O) groups is 2. The second-order valence-corrected chi connectivity index (χ2v) is 6.20. The number of allylic oxidation sites excluding steroid dienone is 4. The summed E-state index contributed by atoms with van der Waals surface area (Å²) in [6.45, 7) is 0.339. The summed E-state index contributed by atoms with van der Waals surface area (Å²) in [6.07, 6.45) is 13.0. The zero-order chi connectivity index (χ0) is 14.7. The van der Waals surface area contributed by atoms with Crippen LogP contribution in [0.5, 0.6) is 0 Å². The highest BCUT2D eigenvalue weighted by Gasteiger charge is 2.40. The van der Waals surface area contributed by atoms with Gasteiger partial charge in [0.2, 0.25) is 0 Å². The quantitative estimate of drug-likeness (QED) is 0.444. The molecule has 0 aromatic carbocycles. The molecule has 2 bridgehead atoms. The third-order valence-corrected chi connectivity index (χ3v) is 4.76. The smallest absolute Gasteiger partial charge is 0.309 e. The molecule has 4 atom stereocenters. The minimum atomic E-state index is -0.168. The Hall–Kier alpha value is -1.58. The molecule has 0 aromatic rings. The number of rotatable bonds is 5. The highest BCUT2D eigenvalue weighted by Crippen LogP contribution is 2.43. The monoisotopic (exact) mass is 290 g/mol. The largest absolute Gasteiger partial charge is 0.462 e. The van der Waals surface area contributed by atoms with Gasteiger partial charge in [0.25, 0.3) is 0 Å².